The number of carbonyl (C=O) groups is 1. The van der Waals surface area contributed by atoms with Crippen LogP contribution in [0.15, 0.2) is 35.7 Å². The molecule has 1 N–H and O–H groups in total. The molecule has 1 aromatic carbocycles. The Morgan fingerprint density at radius 2 is 2.18 bits per heavy atom. The van der Waals surface area contributed by atoms with Gasteiger partial charge in [-0.2, -0.15) is 0 Å². The van der Waals surface area contributed by atoms with Gasteiger partial charge in [-0.15, -0.1) is 11.3 Å². The molecule has 1 unspecified atom stereocenters. The van der Waals surface area contributed by atoms with Gasteiger partial charge in [-0.25, -0.2) is 0 Å². The lowest BCUT2D eigenvalue weighted by Gasteiger charge is -2.09. The molecule has 0 aliphatic carbocycles. The van der Waals surface area contributed by atoms with E-state index in [4.69, 9.17) is 9.47 Å². The molecular weight excluding hydrogens is 298 g/mol. The topological polar surface area (TPSA) is 47.6 Å². The fourth-order valence-corrected chi connectivity index (χ4v) is 3.32. The number of ether oxygens (including phenoxy) is 2. The van der Waals surface area contributed by atoms with Gasteiger partial charge >= 0.3 is 0 Å². The van der Waals surface area contributed by atoms with Gasteiger partial charge in [0.25, 0.3) is 5.91 Å². The lowest BCUT2D eigenvalue weighted by Crippen LogP contribution is -2.31. The molecule has 0 bridgehead atoms. The number of benzene rings is 1. The molecule has 116 valence electrons. The largest absolute Gasteiger partial charge is 0.497 e. The lowest BCUT2D eigenvalue weighted by molar-refractivity contribution is 0.0861. The van der Waals surface area contributed by atoms with Gasteiger partial charge < -0.3 is 14.8 Å². The highest BCUT2D eigenvalue weighted by Gasteiger charge is 2.17. The summed E-state index contributed by atoms with van der Waals surface area (Å²) in [6.07, 6.45) is 2.29. The summed E-state index contributed by atoms with van der Waals surface area (Å²) < 4.78 is 10.7. The molecule has 2 heterocycles. The van der Waals surface area contributed by atoms with E-state index >= 15 is 0 Å². The molecule has 4 nitrogen and oxygen atoms in total. The molecule has 22 heavy (non-hydrogen) atoms. The highest BCUT2D eigenvalue weighted by atomic mass is 32.1. The van der Waals surface area contributed by atoms with Crippen LogP contribution in [0.2, 0.25) is 0 Å². The third-order valence-corrected chi connectivity index (χ3v) is 4.69. The zero-order valence-electron chi connectivity index (χ0n) is 12.5. The maximum absolute atomic E-state index is 12.2. The molecule has 0 radical (unpaired) electrons. The number of hydrogen-bond donors (Lipinski definition) is 1. The number of amides is 1. The number of methoxy groups -OCH3 is 1. The summed E-state index contributed by atoms with van der Waals surface area (Å²) in [6, 6.07) is 9.76. The Kier molecular flexibility index (Phi) is 4.75. The predicted molar refractivity (Wildman–Crippen MR) is 87.6 cm³/mol. The summed E-state index contributed by atoms with van der Waals surface area (Å²) in [6.45, 7) is 1.40. The Bertz CT molecular complexity index is 630. The Balaban J connectivity index is 1.63. The van der Waals surface area contributed by atoms with Gasteiger partial charge in [-0.05, 0) is 47.5 Å². The van der Waals surface area contributed by atoms with Crippen molar-refractivity contribution in [2.24, 2.45) is 0 Å². The van der Waals surface area contributed by atoms with Crippen LogP contribution in [0.3, 0.4) is 0 Å². The summed E-state index contributed by atoms with van der Waals surface area (Å²) in [7, 11) is 1.65. The van der Waals surface area contributed by atoms with Gasteiger partial charge in [0.05, 0.1) is 18.1 Å². The van der Waals surface area contributed by atoms with Gasteiger partial charge in [-0.1, -0.05) is 12.1 Å². The van der Waals surface area contributed by atoms with Crippen LogP contribution >= 0.6 is 11.3 Å². The van der Waals surface area contributed by atoms with E-state index in [-0.39, 0.29) is 12.0 Å². The summed E-state index contributed by atoms with van der Waals surface area (Å²) >= 11 is 1.46. The zero-order chi connectivity index (χ0) is 15.4. The maximum atomic E-state index is 12.2. The summed E-state index contributed by atoms with van der Waals surface area (Å²) in [4.78, 5) is 12.9. The lowest BCUT2D eigenvalue weighted by atomic mass is 10.1. The molecule has 0 spiro atoms. The second-order valence-corrected chi connectivity index (χ2v) is 6.18. The summed E-state index contributed by atoms with van der Waals surface area (Å²) in [5.41, 5.74) is 2.13. The van der Waals surface area contributed by atoms with Gasteiger partial charge in [-0.3, -0.25) is 4.79 Å². The van der Waals surface area contributed by atoms with Crippen LogP contribution in [0.25, 0.3) is 11.1 Å². The van der Waals surface area contributed by atoms with E-state index in [2.05, 4.69) is 5.32 Å². The molecule has 0 saturated carbocycles. The second kappa shape index (κ2) is 6.94. The third-order valence-electron chi connectivity index (χ3n) is 3.76. The van der Waals surface area contributed by atoms with Crippen LogP contribution in [-0.4, -0.2) is 32.3 Å². The van der Waals surface area contributed by atoms with Crippen LogP contribution < -0.4 is 10.1 Å². The van der Waals surface area contributed by atoms with E-state index in [0.29, 0.717) is 6.54 Å². The van der Waals surface area contributed by atoms with E-state index in [0.717, 1.165) is 41.2 Å². The number of hydrogen-bond acceptors (Lipinski definition) is 4. The first-order valence-corrected chi connectivity index (χ1v) is 8.27. The molecular formula is C17H19NO3S. The Morgan fingerprint density at radius 1 is 1.36 bits per heavy atom. The predicted octanol–water partition coefficient (Wildman–Crippen LogP) is 3.33. The maximum Gasteiger partial charge on any atom is 0.261 e. The first kappa shape index (κ1) is 15.1. The van der Waals surface area contributed by atoms with Crippen LogP contribution in [0.5, 0.6) is 5.75 Å². The molecule has 2 aromatic rings. The minimum atomic E-state index is -0.0275. The van der Waals surface area contributed by atoms with Crippen molar-refractivity contribution >= 4 is 17.2 Å². The average molecular weight is 317 g/mol. The minimum absolute atomic E-state index is 0.0275. The van der Waals surface area contributed by atoms with Crippen molar-refractivity contribution in [3.8, 4) is 16.9 Å². The van der Waals surface area contributed by atoms with Crippen LogP contribution in [0.4, 0.5) is 0 Å². The van der Waals surface area contributed by atoms with E-state index in [1.54, 1.807) is 7.11 Å². The highest BCUT2D eigenvalue weighted by Crippen LogP contribution is 2.27. The van der Waals surface area contributed by atoms with Gasteiger partial charge in [0.15, 0.2) is 0 Å². The molecule has 3 rings (SSSR count). The number of rotatable bonds is 5. The van der Waals surface area contributed by atoms with Gasteiger partial charge in [0.1, 0.15) is 5.75 Å². The Morgan fingerprint density at radius 3 is 2.86 bits per heavy atom. The third kappa shape index (κ3) is 3.48. The number of thiophene rings is 1. The highest BCUT2D eigenvalue weighted by molar-refractivity contribution is 7.12. The van der Waals surface area contributed by atoms with Crippen LogP contribution in [0, 0.1) is 0 Å². The van der Waals surface area contributed by atoms with Crippen molar-refractivity contribution in [2.75, 3.05) is 20.3 Å². The standard InChI is InChI=1S/C17H19NO3S/c1-20-14-6-4-12(5-7-14)13-9-16(22-11-13)17(19)18-10-15-3-2-8-21-15/h4-7,9,11,15H,2-3,8,10H2,1H3,(H,18,19). The van der Waals surface area contributed by atoms with E-state index in [1.165, 1.54) is 11.3 Å². The molecule has 1 aliphatic rings. The van der Waals surface area contributed by atoms with Crippen LogP contribution in [-0.2, 0) is 4.74 Å². The molecule has 1 saturated heterocycles. The fraction of sp³-hybridized carbons (Fsp3) is 0.353. The minimum Gasteiger partial charge on any atom is -0.497 e. The first-order chi connectivity index (χ1) is 10.8. The zero-order valence-corrected chi connectivity index (χ0v) is 13.3. The van der Waals surface area contributed by atoms with E-state index < -0.39 is 0 Å². The normalized spacial score (nSPS) is 17.4. The van der Waals surface area contributed by atoms with Crippen molar-refractivity contribution in [1.82, 2.24) is 5.32 Å². The molecule has 1 aliphatic heterocycles. The van der Waals surface area contributed by atoms with Crippen molar-refractivity contribution in [3.63, 3.8) is 0 Å². The van der Waals surface area contributed by atoms with E-state index in [9.17, 15) is 4.79 Å². The summed E-state index contributed by atoms with van der Waals surface area (Å²) in [5, 5.41) is 4.95. The number of carbonyl (C=O) groups excluding carboxylic acids is 1. The molecule has 1 atom stereocenters. The average Bonchev–Trinajstić information content (AvgIpc) is 3.24. The molecule has 1 fully saturated rings. The van der Waals surface area contributed by atoms with Gasteiger partial charge in [0.2, 0.25) is 0 Å². The SMILES string of the molecule is COc1ccc(-c2csc(C(=O)NCC3CCCO3)c2)cc1. The number of nitrogens with one attached hydrogen (secondary N) is 1. The monoisotopic (exact) mass is 317 g/mol. The molecule has 1 amide bonds. The Hall–Kier alpha value is -1.85. The first-order valence-electron chi connectivity index (χ1n) is 7.39. The van der Waals surface area contributed by atoms with Crippen molar-refractivity contribution < 1.29 is 14.3 Å². The van der Waals surface area contributed by atoms with Crippen molar-refractivity contribution in [3.05, 3.63) is 40.6 Å². The summed E-state index contributed by atoms with van der Waals surface area (Å²) in [5.74, 6) is 0.800. The second-order valence-electron chi connectivity index (χ2n) is 5.27. The fourth-order valence-electron chi connectivity index (χ4n) is 2.49. The quantitative estimate of drug-likeness (QED) is 0.920. The molecule has 1 aromatic heterocycles. The van der Waals surface area contributed by atoms with Crippen molar-refractivity contribution in [2.45, 2.75) is 18.9 Å². The van der Waals surface area contributed by atoms with Crippen molar-refractivity contribution in [1.29, 1.82) is 0 Å². The van der Waals surface area contributed by atoms with Crippen LogP contribution in [0.1, 0.15) is 22.5 Å². The smallest absolute Gasteiger partial charge is 0.261 e. The van der Waals surface area contributed by atoms with E-state index in [1.807, 2.05) is 35.7 Å². The Labute approximate surface area is 134 Å². The van der Waals surface area contributed by atoms with Gasteiger partial charge in [0, 0.05) is 13.2 Å². The molecule has 5 heteroatoms.